The van der Waals surface area contributed by atoms with Crippen LogP contribution in [0.2, 0.25) is 0 Å². The Morgan fingerprint density at radius 2 is 1.90 bits per heavy atom. The van der Waals surface area contributed by atoms with Gasteiger partial charge >= 0.3 is 0 Å². The number of carbonyl (C=O) groups excluding carboxylic acids is 1. The molecule has 0 bridgehead atoms. The summed E-state index contributed by atoms with van der Waals surface area (Å²) in [5, 5.41) is 9.08. The van der Waals surface area contributed by atoms with Crippen molar-refractivity contribution in [2.24, 2.45) is 5.92 Å². The minimum atomic E-state index is 0.0743. The van der Waals surface area contributed by atoms with Crippen molar-refractivity contribution in [1.82, 2.24) is 24.9 Å². The number of rotatable bonds is 5. The summed E-state index contributed by atoms with van der Waals surface area (Å²) in [5.41, 5.74) is 1.01. The Kier molecular flexibility index (Phi) is 6.98. The molecule has 4 rings (SSSR count). The lowest BCUT2D eigenvalue weighted by atomic mass is 9.89. The number of hydrogen-bond acceptors (Lipinski definition) is 5. The average molecular weight is 462 g/mol. The molecule has 0 radical (unpaired) electrons. The van der Waals surface area contributed by atoms with E-state index in [0.29, 0.717) is 12.0 Å². The molecule has 0 aromatic carbocycles. The summed E-state index contributed by atoms with van der Waals surface area (Å²) in [6.45, 7) is 13.6. The molecule has 1 aliphatic carbocycles. The molecule has 1 aliphatic heterocycles. The van der Waals surface area contributed by atoms with Crippen molar-refractivity contribution in [2.75, 3.05) is 26.2 Å². The number of aromatic nitrogens is 2. The van der Waals surface area contributed by atoms with Crippen molar-refractivity contribution in [2.45, 2.75) is 72.0 Å². The van der Waals surface area contributed by atoms with Crippen LogP contribution in [0.15, 0.2) is 6.07 Å². The third-order valence-electron chi connectivity index (χ3n) is 6.68. The van der Waals surface area contributed by atoms with Crippen LogP contribution in [0.1, 0.15) is 61.8 Å². The van der Waals surface area contributed by atoms with Gasteiger partial charge in [0.2, 0.25) is 0 Å². The molecule has 3 heterocycles. The van der Waals surface area contributed by atoms with Gasteiger partial charge < -0.3 is 10.2 Å². The quantitative estimate of drug-likeness (QED) is 0.681. The summed E-state index contributed by atoms with van der Waals surface area (Å²) in [6.07, 6.45) is 4.45. The molecule has 2 aromatic rings. The van der Waals surface area contributed by atoms with E-state index in [1.807, 2.05) is 19.9 Å². The second-order valence-corrected chi connectivity index (χ2v) is 11.1. The molecule has 170 valence electrons. The van der Waals surface area contributed by atoms with E-state index in [4.69, 9.17) is 12.2 Å². The summed E-state index contributed by atoms with van der Waals surface area (Å²) in [7, 11) is 0. The molecule has 2 aliphatic rings. The van der Waals surface area contributed by atoms with Crippen molar-refractivity contribution in [1.29, 1.82) is 0 Å². The van der Waals surface area contributed by atoms with Gasteiger partial charge in [0.1, 0.15) is 4.83 Å². The van der Waals surface area contributed by atoms with Crippen LogP contribution in [0.5, 0.6) is 0 Å². The molecule has 2 aromatic heterocycles. The standard InChI is InChI=1S/C23H35N5OS2/c1-15(2)14-28-23-20(16(3)25-28)13-21(31-23)22(29)24-18-5-7-19(8-6-18)27-11-9-26(10-12-27)17(4)30/h13,15,18-19H,5-12,14H2,1-4H3,(H,24,29). The topological polar surface area (TPSA) is 53.4 Å². The van der Waals surface area contributed by atoms with Crippen molar-refractivity contribution < 1.29 is 4.79 Å². The fraction of sp³-hybridized carbons (Fsp3) is 0.696. The zero-order valence-corrected chi connectivity index (χ0v) is 20.8. The number of thiophene rings is 1. The molecule has 1 saturated carbocycles. The lowest BCUT2D eigenvalue weighted by Crippen LogP contribution is -2.52. The molecule has 1 N–H and O–H groups in total. The normalized spacial score (nSPS) is 22.9. The van der Waals surface area contributed by atoms with Crippen LogP contribution in [-0.4, -0.2) is 68.7 Å². The van der Waals surface area contributed by atoms with Gasteiger partial charge in [-0.15, -0.1) is 11.3 Å². The molecule has 2 fully saturated rings. The number of nitrogens with zero attached hydrogens (tertiary/aromatic N) is 4. The number of carbonyl (C=O) groups is 1. The van der Waals surface area contributed by atoms with Gasteiger partial charge in [0.25, 0.3) is 5.91 Å². The molecule has 1 amide bonds. The Balaban J connectivity index is 1.31. The Morgan fingerprint density at radius 1 is 1.23 bits per heavy atom. The van der Waals surface area contributed by atoms with Crippen LogP contribution in [-0.2, 0) is 6.54 Å². The van der Waals surface area contributed by atoms with Gasteiger partial charge in [0.05, 0.1) is 15.6 Å². The van der Waals surface area contributed by atoms with Gasteiger partial charge in [-0.2, -0.15) is 5.10 Å². The number of thiocarbonyl (C=S) groups is 1. The number of amides is 1. The molecule has 6 nitrogen and oxygen atoms in total. The van der Waals surface area contributed by atoms with E-state index >= 15 is 0 Å². The largest absolute Gasteiger partial charge is 0.364 e. The average Bonchev–Trinajstić information content (AvgIpc) is 3.30. The number of fused-ring (bicyclic) bond motifs is 1. The molecule has 1 saturated heterocycles. The zero-order chi connectivity index (χ0) is 22.1. The Labute approximate surface area is 195 Å². The summed E-state index contributed by atoms with van der Waals surface area (Å²) >= 11 is 6.89. The van der Waals surface area contributed by atoms with Gasteiger partial charge in [-0.1, -0.05) is 26.1 Å². The first kappa shape index (κ1) is 22.7. The lowest BCUT2D eigenvalue weighted by Gasteiger charge is -2.42. The minimum absolute atomic E-state index is 0.0743. The van der Waals surface area contributed by atoms with E-state index in [1.54, 1.807) is 11.3 Å². The number of nitrogens with one attached hydrogen (secondary N) is 1. The monoisotopic (exact) mass is 461 g/mol. The first-order valence-corrected chi connectivity index (χ1v) is 12.8. The van der Waals surface area contributed by atoms with Crippen molar-refractivity contribution in [3.8, 4) is 0 Å². The zero-order valence-electron chi connectivity index (χ0n) is 19.2. The van der Waals surface area contributed by atoms with E-state index in [-0.39, 0.29) is 11.9 Å². The Bertz CT molecular complexity index is 933. The van der Waals surface area contributed by atoms with Gasteiger partial charge in [-0.25, -0.2) is 0 Å². The maximum atomic E-state index is 12.9. The van der Waals surface area contributed by atoms with Crippen LogP contribution < -0.4 is 5.32 Å². The van der Waals surface area contributed by atoms with Crippen molar-refractivity contribution in [3.63, 3.8) is 0 Å². The number of aryl methyl sites for hydroxylation is 1. The predicted molar refractivity (Wildman–Crippen MR) is 132 cm³/mol. The molecular weight excluding hydrogens is 426 g/mol. The molecule has 0 atom stereocenters. The van der Waals surface area contributed by atoms with Crippen LogP contribution >= 0.6 is 23.6 Å². The highest BCUT2D eigenvalue weighted by Gasteiger charge is 2.29. The second kappa shape index (κ2) is 9.55. The van der Waals surface area contributed by atoms with Crippen LogP contribution in [0.25, 0.3) is 10.2 Å². The smallest absolute Gasteiger partial charge is 0.261 e. The fourth-order valence-electron chi connectivity index (χ4n) is 4.94. The van der Waals surface area contributed by atoms with E-state index in [0.717, 1.165) is 84.2 Å². The molecular formula is C23H35N5OS2. The highest BCUT2D eigenvalue weighted by atomic mass is 32.1. The van der Waals surface area contributed by atoms with Crippen molar-refractivity contribution >= 4 is 44.7 Å². The van der Waals surface area contributed by atoms with E-state index in [9.17, 15) is 4.79 Å². The summed E-state index contributed by atoms with van der Waals surface area (Å²) in [4.78, 5) is 20.8. The Morgan fingerprint density at radius 3 is 2.52 bits per heavy atom. The summed E-state index contributed by atoms with van der Waals surface area (Å²) in [6, 6.07) is 2.96. The summed E-state index contributed by atoms with van der Waals surface area (Å²) < 4.78 is 2.06. The SMILES string of the molecule is CC(=S)N1CCN(C2CCC(NC(=O)c3cc4c(C)nn(CC(C)C)c4s3)CC2)CC1. The Hall–Kier alpha value is -1.51. The molecule has 0 spiro atoms. The third-order valence-corrected chi connectivity index (χ3v) is 8.08. The lowest BCUT2D eigenvalue weighted by molar-refractivity contribution is 0.0858. The number of hydrogen-bond donors (Lipinski definition) is 1. The van der Waals surface area contributed by atoms with Gasteiger partial charge in [-0.05, 0) is 51.5 Å². The molecule has 0 unspecified atom stereocenters. The van der Waals surface area contributed by atoms with Gasteiger partial charge in [-0.3, -0.25) is 14.4 Å². The number of piperazine rings is 1. The fourth-order valence-corrected chi connectivity index (χ4v) is 6.19. The van der Waals surface area contributed by atoms with E-state index < -0.39 is 0 Å². The highest BCUT2D eigenvalue weighted by molar-refractivity contribution is 7.80. The maximum Gasteiger partial charge on any atom is 0.261 e. The van der Waals surface area contributed by atoms with Crippen molar-refractivity contribution in [3.05, 3.63) is 16.6 Å². The molecule has 8 heteroatoms. The van der Waals surface area contributed by atoms with Crippen LogP contribution in [0.4, 0.5) is 0 Å². The summed E-state index contributed by atoms with van der Waals surface area (Å²) in [5.74, 6) is 0.601. The second-order valence-electron chi connectivity index (χ2n) is 9.51. The van der Waals surface area contributed by atoms with Gasteiger partial charge in [0.15, 0.2) is 0 Å². The van der Waals surface area contributed by atoms with Gasteiger partial charge in [0, 0.05) is 50.2 Å². The third kappa shape index (κ3) is 5.12. The highest BCUT2D eigenvalue weighted by Crippen LogP contribution is 2.30. The van der Waals surface area contributed by atoms with E-state index in [1.165, 1.54) is 0 Å². The maximum absolute atomic E-state index is 12.9. The minimum Gasteiger partial charge on any atom is -0.364 e. The molecule has 31 heavy (non-hydrogen) atoms. The first-order valence-electron chi connectivity index (χ1n) is 11.6. The van der Waals surface area contributed by atoms with E-state index in [2.05, 4.69) is 38.7 Å². The predicted octanol–water partition coefficient (Wildman–Crippen LogP) is 4.07. The van der Waals surface area contributed by atoms with Crippen LogP contribution in [0, 0.1) is 12.8 Å². The van der Waals surface area contributed by atoms with Crippen LogP contribution in [0.3, 0.4) is 0 Å². The first-order chi connectivity index (χ1) is 14.8.